The lowest BCUT2D eigenvalue weighted by molar-refractivity contribution is -0.153. The minimum absolute atomic E-state index is 0.0266. The molecule has 1 fully saturated rings. The molecule has 5 nitrogen and oxygen atoms in total. The quantitative estimate of drug-likeness (QED) is 0.834. The normalized spacial score (nSPS) is 20.2. The van der Waals surface area contributed by atoms with Crippen LogP contribution in [0.5, 0.6) is 5.75 Å². The number of benzene rings is 1. The Hall–Kier alpha value is -1.59. The number of rotatable bonds is 5. The third-order valence-electron chi connectivity index (χ3n) is 3.10. The number of ether oxygens (including phenoxy) is 3. The van der Waals surface area contributed by atoms with Crippen LogP contribution in [0.3, 0.4) is 0 Å². The van der Waals surface area contributed by atoms with Gasteiger partial charge in [-0.2, -0.15) is 0 Å². The zero-order valence-electron chi connectivity index (χ0n) is 11.6. The summed E-state index contributed by atoms with van der Waals surface area (Å²) >= 11 is 0. The Balaban J connectivity index is 2.01. The van der Waals surface area contributed by atoms with E-state index in [4.69, 9.17) is 14.2 Å². The zero-order chi connectivity index (χ0) is 14.4. The number of carbonyl (C=O) groups is 1. The van der Waals surface area contributed by atoms with Crippen LogP contribution >= 0.6 is 0 Å². The summed E-state index contributed by atoms with van der Waals surface area (Å²) in [6.07, 6.45) is 0.681. The first kappa shape index (κ1) is 14.8. The molecule has 20 heavy (non-hydrogen) atoms. The van der Waals surface area contributed by atoms with E-state index < -0.39 is 12.1 Å². The van der Waals surface area contributed by atoms with E-state index in [1.165, 1.54) is 0 Å². The van der Waals surface area contributed by atoms with Gasteiger partial charge in [-0.1, -0.05) is 12.1 Å². The lowest BCUT2D eigenvalue weighted by Crippen LogP contribution is -2.28. The Bertz CT molecular complexity index is 440. The van der Waals surface area contributed by atoms with Gasteiger partial charge in [-0.05, 0) is 37.5 Å². The van der Waals surface area contributed by atoms with Gasteiger partial charge in [0.1, 0.15) is 11.9 Å². The second-order valence-corrected chi connectivity index (χ2v) is 4.68. The third-order valence-corrected chi connectivity index (χ3v) is 3.10. The van der Waals surface area contributed by atoms with Gasteiger partial charge < -0.3 is 19.3 Å². The fourth-order valence-electron chi connectivity index (χ4n) is 2.11. The molecule has 0 radical (unpaired) electrons. The van der Waals surface area contributed by atoms with Crippen molar-refractivity contribution in [2.24, 2.45) is 0 Å². The van der Waals surface area contributed by atoms with E-state index in [1.807, 2.05) is 0 Å². The topological polar surface area (TPSA) is 65.0 Å². The monoisotopic (exact) mass is 280 g/mol. The summed E-state index contributed by atoms with van der Waals surface area (Å²) < 4.78 is 15.9. The van der Waals surface area contributed by atoms with Crippen LogP contribution in [-0.2, 0) is 14.3 Å². The number of aliphatic hydroxyl groups is 1. The molecule has 1 aromatic rings. The van der Waals surface area contributed by atoms with Crippen LogP contribution in [0.4, 0.5) is 0 Å². The molecule has 0 saturated carbocycles. The van der Waals surface area contributed by atoms with Crippen molar-refractivity contribution >= 4 is 5.97 Å². The lowest BCUT2D eigenvalue weighted by Gasteiger charge is -2.23. The van der Waals surface area contributed by atoms with Gasteiger partial charge in [-0.25, -0.2) is 4.79 Å². The highest BCUT2D eigenvalue weighted by atomic mass is 16.5. The molecular formula is C15H20O5. The summed E-state index contributed by atoms with van der Waals surface area (Å²) in [7, 11) is 0. The van der Waals surface area contributed by atoms with E-state index in [0.717, 1.165) is 19.4 Å². The maximum atomic E-state index is 11.5. The molecule has 0 aliphatic carbocycles. The molecule has 2 unspecified atom stereocenters. The van der Waals surface area contributed by atoms with Crippen LogP contribution in [0.25, 0.3) is 0 Å². The number of hydrogen-bond donors (Lipinski definition) is 1. The van der Waals surface area contributed by atoms with Crippen LogP contribution < -0.4 is 4.74 Å². The van der Waals surface area contributed by atoms with Crippen molar-refractivity contribution in [3.05, 3.63) is 29.8 Å². The Morgan fingerprint density at radius 2 is 2.40 bits per heavy atom. The van der Waals surface area contributed by atoms with Crippen molar-refractivity contribution in [2.75, 3.05) is 19.8 Å². The maximum absolute atomic E-state index is 11.5. The molecule has 110 valence electrons. The first-order chi connectivity index (χ1) is 9.70. The van der Waals surface area contributed by atoms with Crippen molar-refractivity contribution in [2.45, 2.75) is 32.0 Å². The van der Waals surface area contributed by atoms with Crippen LogP contribution in [-0.4, -0.2) is 37.0 Å². The Labute approximate surface area is 118 Å². The lowest BCUT2D eigenvalue weighted by atomic mass is 10.1. The molecule has 0 spiro atoms. The SMILES string of the molecule is CCOC(=O)C(O)c1cccc(OC2CCCOC2)c1. The van der Waals surface area contributed by atoms with Crippen molar-refractivity contribution in [1.29, 1.82) is 0 Å². The van der Waals surface area contributed by atoms with Gasteiger partial charge in [0.2, 0.25) is 0 Å². The molecule has 0 bridgehead atoms. The highest BCUT2D eigenvalue weighted by Gasteiger charge is 2.20. The molecule has 1 N–H and O–H groups in total. The minimum atomic E-state index is -1.28. The minimum Gasteiger partial charge on any atom is -0.488 e. The van der Waals surface area contributed by atoms with Crippen LogP contribution in [0, 0.1) is 0 Å². The van der Waals surface area contributed by atoms with Gasteiger partial charge in [0.05, 0.1) is 13.2 Å². The van der Waals surface area contributed by atoms with Crippen molar-refractivity contribution < 1.29 is 24.1 Å². The van der Waals surface area contributed by atoms with Crippen LogP contribution in [0.1, 0.15) is 31.4 Å². The van der Waals surface area contributed by atoms with Crippen molar-refractivity contribution in [1.82, 2.24) is 0 Å². The van der Waals surface area contributed by atoms with E-state index in [2.05, 4.69) is 0 Å². The van der Waals surface area contributed by atoms with Crippen molar-refractivity contribution in [3.63, 3.8) is 0 Å². The van der Waals surface area contributed by atoms with Crippen molar-refractivity contribution in [3.8, 4) is 5.75 Å². The number of carbonyl (C=O) groups excluding carboxylic acids is 1. The molecular weight excluding hydrogens is 260 g/mol. The molecule has 1 aliphatic heterocycles. The predicted octanol–water partition coefficient (Wildman–Crippen LogP) is 1.84. The molecule has 1 saturated heterocycles. The Morgan fingerprint density at radius 3 is 3.10 bits per heavy atom. The van der Waals surface area contributed by atoms with Gasteiger partial charge in [-0.15, -0.1) is 0 Å². The predicted molar refractivity (Wildman–Crippen MR) is 72.5 cm³/mol. The zero-order valence-corrected chi connectivity index (χ0v) is 11.6. The number of hydrogen-bond acceptors (Lipinski definition) is 5. The summed E-state index contributed by atoms with van der Waals surface area (Å²) in [5.74, 6) is -0.0213. The average molecular weight is 280 g/mol. The molecule has 2 atom stereocenters. The van der Waals surface area contributed by atoms with Crippen LogP contribution in [0.15, 0.2) is 24.3 Å². The third kappa shape index (κ3) is 3.95. The number of aliphatic hydroxyl groups excluding tert-OH is 1. The van der Waals surface area contributed by atoms with Gasteiger partial charge >= 0.3 is 5.97 Å². The number of esters is 1. The molecule has 1 aromatic carbocycles. The van der Waals surface area contributed by atoms with E-state index in [-0.39, 0.29) is 12.7 Å². The molecule has 0 aromatic heterocycles. The maximum Gasteiger partial charge on any atom is 0.339 e. The van der Waals surface area contributed by atoms with Gasteiger partial charge in [0, 0.05) is 6.61 Å². The van der Waals surface area contributed by atoms with Crippen LogP contribution in [0.2, 0.25) is 0 Å². The van der Waals surface area contributed by atoms with E-state index in [9.17, 15) is 9.90 Å². The highest BCUT2D eigenvalue weighted by molar-refractivity contribution is 5.76. The summed E-state index contributed by atoms with van der Waals surface area (Å²) in [6, 6.07) is 6.88. The van der Waals surface area contributed by atoms with E-state index in [0.29, 0.717) is 17.9 Å². The van der Waals surface area contributed by atoms with Gasteiger partial charge in [0.25, 0.3) is 0 Å². The molecule has 1 heterocycles. The fraction of sp³-hybridized carbons (Fsp3) is 0.533. The van der Waals surface area contributed by atoms with E-state index in [1.54, 1.807) is 31.2 Å². The molecule has 0 amide bonds. The first-order valence-corrected chi connectivity index (χ1v) is 6.89. The Kier molecular flexibility index (Phi) is 5.38. The summed E-state index contributed by atoms with van der Waals surface area (Å²) in [4.78, 5) is 11.5. The largest absolute Gasteiger partial charge is 0.488 e. The molecule has 2 rings (SSSR count). The first-order valence-electron chi connectivity index (χ1n) is 6.89. The molecule has 5 heteroatoms. The summed E-state index contributed by atoms with van der Waals surface area (Å²) in [5, 5.41) is 9.90. The summed E-state index contributed by atoms with van der Waals surface area (Å²) in [6.45, 7) is 3.30. The summed E-state index contributed by atoms with van der Waals surface area (Å²) in [5.41, 5.74) is 0.470. The highest BCUT2D eigenvalue weighted by Crippen LogP contribution is 2.22. The standard InChI is InChI=1S/C15H20O5/c1-2-19-15(17)14(16)11-5-3-6-12(9-11)20-13-7-4-8-18-10-13/h3,5-6,9,13-14,16H,2,4,7-8,10H2,1H3. The smallest absolute Gasteiger partial charge is 0.339 e. The van der Waals surface area contributed by atoms with Gasteiger partial charge in [-0.3, -0.25) is 0 Å². The molecule has 1 aliphatic rings. The van der Waals surface area contributed by atoms with Gasteiger partial charge in [0.15, 0.2) is 6.10 Å². The Morgan fingerprint density at radius 1 is 1.55 bits per heavy atom. The second kappa shape index (κ2) is 7.26. The fourth-order valence-corrected chi connectivity index (χ4v) is 2.11. The van der Waals surface area contributed by atoms with E-state index >= 15 is 0 Å². The second-order valence-electron chi connectivity index (χ2n) is 4.68. The average Bonchev–Trinajstić information content (AvgIpc) is 2.48.